The minimum atomic E-state index is -0.420. The summed E-state index contributed by atoms with van der Waals surface area (Å²) in [4.78, 5) is 22.9. The summed E-state index contributed by atoms with van der Waals surface area (Å²) in [6, 6.07) is 8.16. The van der Waals surface area contributed by atoms with Crippen molar-refractivity contribution in [3.05, 3.63) is 46.0 Å². The van der Waals surface area contributed by atoms with E-state index in [0.29, 0.717) is 16.3 Å². The average Bonchev–Trinajstić information content (AvgIpc) is 2.58. The molecule has 4 nitrogen and oxygen atoms in total. The van der Waals surface area contributed by atoms with Crippen molar-refractivity contribution in [1.82, 2.24) is 0 Å². The van der Waals surface area contributed by atoms with Gasteiger partial charge in [0.05, 0.1) is 10.3 Å². The number of nitro groups is 1. The molecular formula is C11H5NO3S. The molecule has 0 aliphatic carbocycles. The van der Waals surface area contributed by atoms with Gasteiger partial charge >= 0.3 is 0 Å². The molecule has 16 heavy (non-hydrogen) atoms. The van der Waals surface area contributed by atoms with Crippen molar-refractivity contribution in [1.29, 1.82) is 0 Å². The van der Waals surface area contributed by atoms with Crippen LogP contribution in [0.15, 0.2) is 35.2 Å². The molecule has 0 saturated heterocycles. The molecule has 0 aromatic heterocycles. The fourth-order valence-electron chi connectivity index (χ4n) is 1.93. The van der Waals surface area contributed by atoms with Crippen LogP contribution in [-0.4, -0.2) is 10.0 Å². The molecule has 3 rings (SSSR count). The molecular weight excluding hydrogens is 226 g/mol. The number of nitrogens with zero attached hydrogens (tertiary/aromatic N) is 1. The summed E-state index contributed by atoms with van der Waals surface area (Å²) in [5, 5.41) is 12.1. The van der Waals surface area contributed by atoms with Crippen LogP contribution < -0.4 is 0 Å². The Kier molecular flexibility index (Phi) is 1.79. The first-order chi connectivity index (χ1) is 7.68. The topological polar surface area (TPSA) is 60.2 Å². The normalized spacial score (nSPS) is 13.4. The Labute approximate surface area is 94.4 Å². The molecule has 2 aromatic carbocycles. The molecule has 5 heteroatoms. The zero-order chi connectivity index (χ0) is 11.3. The molecule has 78 valence electrons. The van der Waals surface area contributed by atoms with E-state index in [1.165, 1.54) is 6.07 Å². The predicted molar refractivity (Wildman–Crippen MR) is 60.8 cm³/mol. The number of thioether (sulfide) groups is 1. The lowest BCUT2D eigenvalue weighted by Gasteiger charge is -2.00. The van der Waals surface area contributed by atoms with Gasteiger partial charge in [-0.2, -0.15) is 0 Å². The van der Waals surface area contributed by atoms with E-state index in [0.717, 1.165) is 16.7 Å². The molecule has 1 aliphatic heterocycles. The Morgan fingerprint density at radius 1 is 1.19 bits per heavy atom. The van der Waals surface area contributed by atoms with Gasteiger partial charge in [-0.05, 0) is 30.0 Å². The minimum Gasteiger partial charge on any atom is -0.281 e. The molecule has 1 aliphatic rings. The Bertz CT molecular complexity index is 651. The van der Waals surface area contributed by atoms with Crippen molar-refractivity contribution < 1.29 is 9.72 Å². The first-order valence-electron chi connectivity index (χ1n) is 4.61. The number of benzene rings is 2. The van der Waals surface area contributed by atoms with Gasteiger partial charge in [0, 0.05) is 21.9 Å². The van der Waals surface area contributed by atoms with Gasteiger partial charge in [-0.25, -0.2) is 0 Å². The molecule has 0 unspecified atom stereocenters. The van der Waals surface area contributed by atoms with Gasteiger partial charge in [0.2, 0.25) is 5.12 Å². The SMILES string of the molecule is O=C1Sc2ccc([N+](=O)[O-])c3cccc1c23. The van der Waals surface area contributed by atoms with Crippen LogP contribution in [0.1, 0.15) is 10.4 Å². The lowest BCUT2D eigenvalue weighted by molar-refractivity contribution is -0.383. The van der Waals surface area contributed by atoms with Crippen LogP contribution in [0.4, 0.5) is 5.69 Å². The maximum atomic E-state index is 11.6. The van der Waals surface area contributed by atoms with E-state index in [1.807, 2.05) is 0 Å². The zero-order valence-corrected chi connectivity index (χ0v) is 8.78. The highest BCUT2D eigenvalue weighted by Crippen LogP contribution is 2.43. The molecule has 0 atom stereocenters. The quantitative estimate of drug-likeness (QED) is 0.559. The molecule has 0 fully saturated rings. The molecule has 0 amide bonds. The van der Waals surface area contributed by atoms with Gasteiger partial charge in [0.1, 0.15) is 0 Å². The largest absolute Gasteiger partial charge is 0.281 e. The second-order valence-electron chi connectivity index (χ2n) is 3.46. The standard InChI is InChI=1S/C11H5NO3S/c13-11-7-3-1-2-6-8(12(14)15)4-5-9(16-11)10(6)7/h1-5H. The highest BCUT2D eigenvalue weighted by atomic mass is 32.2. The maximum absolute atomic E-state index is 11.6. The fourth-order valence-corrected chi connectivity index (χ4v) is 2.87. The average molecular weight is 231 g/mol. The van der Waals surface area contributed by atoms with Gasteiger partial charge in [0.15, 0.2) is 0 Å². The highest BCUT2D eigenvalue weighted by molar-refractivity contribution is 8.14. The summed E-state index contributed by atoms with van der Waals surface area (Å²) in [7, 11) is 0. The molecule has 1 heterocycles. The lowest BCUT2D eigenvalue weighted by atomic mass is 10.0. The summed E-state index contributed by atoms with van der Waals surface area (Å²) in [5.41, 5.74) is 0.622. The first-order valence-corrected chi connectivity index (χ1v) is 5.42. The highest BCUT2D eigenvalue weighted by Gasteiger charge is 2.26. The molecule has 2 aromatic rings. The number of carbonyl (C=O) groups is 1. The third-order valence-electron chi connectivity index (χ3n) is 2.60. The van der Waals surface area contributed by atoms with Crippen molar-refractivity contribution in [2.75, 3.05) is 0 Å². The van der Waals surface area contributed by atoms with Crippen molar-refractivity contribution in [2.45, 2.75) is 4.90 Å². The summed E-state index contributed by atoms with van der Waals surface area (Å²) >= 11 is 1.13. The Morgan fingerprint density at radius 3 is 2.75 bits per heavy atom. The number of non-ortho nitro benzene ring substituents is 1. The van der Waals surface area contributed by atoms with E-state index in [1.54, 1.807) is 24.3 Å². The van der Waals surface area contributed by atoms with Crippen LogP contribution in [-0.2, 0) is 0 Å². The maximum Gasteiger partial charge on any atom is 0.277 e. The van der Waals surface area contributed by atoms with Crippen LogP contribution in [0, 0.1) is 10.1 Å². The van der Waals surface area contributed by atoms with Gasteiger partial charge in [-0.15, -0.1) is 0 Å². The van der Waals surface area contributed by atoms with Crippen molar-refractivity contribution in [3.63, 3.8) is 0 Å². The van der Waals surface area contributed by atoms with Crippen LogP contribution in [0.5, 0.6) is 0 Å². The number of nitro benzene ring substituents is 1. The Hall–Kier alpha value is -1.88. The number of hydrogen-bond donors (Lipinski definition) is 0. The lowest BCUT2D eigenvalue weighted by Crippen LogP contribution is -1.91. The van der Waals surface area contributed by atoms with E-state index in [9.17, 15) is 14.9 Å². The molecule has 0 N–H and O–H groups in total. The van der Waals surface area contributed by atoms with Gasteiger partial charge in [0.25, 0.3) is 5.69 Å². The van der Waals surface area contributed by atoms with E-state index < -0.39 is 4.92 Å². The Morgan fingerprint density at radius 2 is 2.00 bits per heavy atom. The number of rotatable bonds is 1. The third kappa shape index (κ3) is 1.09. The smallest absolute Gasteiger partial charge is 0.277 e. The molecule has 0 saturated carbocycles. The Balaban J connectivity index is 2.50. The van der Waals surface area contributed by atoms with Crippen LogP contribution in [0.2, 0.25) is 0 Å². The second-order valence-corrected chi connectivity index (χ2v) is 4.47. The third-order valence-corrected chi connectivity index (χ3v) is 3.56. The summed E-state index contributed by atoms with van der Waals surface area (Å²) in [6.07, 6.45) is 0. The second kappa shape index (κ2) is 3.05. The summed E-state index contributed by atoms with van der Waals surface area (Å²) in [6.45, 7) is 0. The minimum absolute atomic E-state index is 0.0407. The first kappa shape index (κ1) is 9.35. The molecule has 0 bridgehead atoms. The van der Waals surface area contributed by atoms with Crippen molar-refractivity contribution >= 4 is 33.3 Å². The number of carbonyl (C=O) groups excluding carboxylic acids is 1. The molecule has 0 radical (unpaired) electrons. The van der Waals surface area contributed by atoms with Crippen molar-refractivity contribution in [2.24, 2.45) is 0 Å². The fraction of sp³-hybridized carbons (Fsp3) is 0. The van der Waals surface area contributed by atoms with E-state index in [4.69, 9.17) is 0 Å². The van der Waals surface area contributed by atoms with Gasteiger partial charge in [-0.3, -0.25) is 14.9 Å². The molecule has 0 spiro atoms. The van der Waals surface area contributed by atoms with Crippen LogP contribution >= 0.6 is 11.8 Å². The van der Waals surface area contributed by atoms with E-state index in [2.05, 4.69) is 0 Å². The number of hydrogen-bond acceptors (Lipinski definition) is 4. The van der Waals surface area contributed by atoms with Crippen molar-refractivity contribution in [3.8, 4) is 0 Å². The van der Waals surface area contributed by atoms with Crippen LogP contribution in [0.3, 0.4) is 0 Å². The van der Waals surface area contributed by atoms with Gasteiger partial charge < -0.3 is 0 Å². The summed E-state index contributed by atoms with van der Waals surface area (Å²) in [5.74, 6) is 0. The van der Waals surface area contributed by atoms with E-state index >= 15 is 0 Å². The summed E-state index contributed by atoms with van der Waals surface area (Å²) < 4.78 is 0. The monoisotopic (exact) mass is 231 g/mol. The van der Waals surface area contributed by atoms with Gasteiger partial charge in [-0.1, -0.05) is 6.07 Å². The van der Waals surface area contributed by atoms with Crippen LogP contribution in [0.25, 0.3) is 10.8 Å². The predicted octanol–water partition coefficient (Wildman–Crippen LogP) is 2.99. The zero-order valence-electron chi connectivity index (χ0n) is 7.97. The van der Waals surface area contributed by atoms with E-state index in [-0.39, 0.29) is 10.8 Å².